The Hall–Kier alpha value is 0.844. The minimum Gasteiger partial charge on any atom is -0.436 e. The van der Waals surface area contributed by atoms with Gasteiger partial charge in [0.15, 0.2) is 16.6 Å². The lowest BCUT2D eigenvalue weighted by atomic mass is 9.88. The number of hydrogen-bond acceptors (Lipinski definition) is 6. The molecule has 6 nitrogen and oxygen atoms in total. The van der Waals surface area contributed by atoms with Crippen molar-refractivity contribution in [3.8, 4) is 0 Å². The molecule has 1 aliphatic carbocycles. The van der Waals surface area contributed by atoms with Crippen LogP contribution in [-0.4, -0.2) is 68.7 Å². The van der Waals surface area contributed by atoms with Gasteiger partial charge >= 0.3 is 25.7 Å². The highest BCUT2D eigenvalue weighted by atomic mass is 28.5. The average Bonchev–Trinajstić information content (AvgIpc) is 3.40. The van der Waals surface area contributed by atoms with Gasteiger partial charge in [-0.3, -0.25) is 0 Å². The molecule has 0 amide bonds. The van der Waals surface area contributed by atoms with E-state index in [1.807, 2.05) is 0 Å². The summed E-state index contributed by atoms with van der Waals surface area (Å²) in [6.07, 6.45) is 6.27. The Kier molecular flexibility index (Phi) is 13.4. The van der Waals surface area contributed by atoms with E-state index in [0.29, 0.717) is 12.2 Å². The van der Waals surface area contributed by atoms with Crippen LogP contribution < -0.4 is 0 Å². The van der Waals surface area contributed by atoms with E-state index in [4.69, 9.17) is 25.9 Å². The van der Waals surface area contributed by atoms with Crippen LogP contribution in [0.4, 0.5) is 0 Å². The maximum Gasteiger partial charge on any atom is 0.334 e. The molecular formula is C23H58O6Si5. The number of hydrogen-bond donors (Lipinski definition) is 0. The summed E-state index contributed by atoms with van der Waals surface area (Å²) < 4.78 is 37.4. The summed E-state index contributed by atoms with van der Waals surface area (Å²) in [6.45, 7) is 20.2. The standard InChI is InChI=1S/C21H50O6Si5.2CH4/c1-22-32(11,23-2)17-16-29(5,6)26-31(9,10)27-30(7,8)25-28(3,4)15-14-19-12-13-20-21(18-19)24-20;;/h19-21H,12-18H2,1-11H3;2*1H4. The van der Waals surface area contributed by atoms with Gasteiger partial charge < -0.3 is 25.9 Å². The summed E-state index contributed by atoms with van der Waals surface area (Å²) in [5.74, 6) is 0.814. The van der Waals surface area contributed by atoms with Crippen LogP contribution in [-0.2, 0) is 25.9 Å². The zero-order valence-corrected chi connectivity index (χ0v) is 27.6. The first-order chi connectivity index (χ1) is 14.5. The second kappa shape index (κ2) is 13.1. The Bertz CT molecular complexity index is 613. The first-order valence-corrected chi connectivity index (χ1v) is 26.7. The Morgan fingerprint density at radius 3 is 1.62 bits per heavy atom. The molecule has 1 saturated heterocycles. The summed E-state index contributed by atoms with van der Waals surface area (Å²) in [5, 5.41) is 0. The predicted molar refractivity (Wildman–Crippen MR) is 157 cm³/mol. The van der Waals surface area contributed by atoms with Crippen molar-refractivity contribution >= 4 is 42.3 Å². The molecule has 0 aromatic carbocycles. The van der Waals surface area contributed by atoms with Crippen LogP contribution in [0.5, 0.6) is 0 Å². The van der Waals surface area contributed by atoms with E-state index in [9.17, 15) is 0 Å². The van der Waals surface area contributed by atoms with E-state index in [1.54, 1.807) is 14.2 Å². The summed E-state index contributed by atoms with van der Waals surface area (Å²) in [4.78, 5) is 0. The fourth-order valence-electron chi connectivity index (χ4n) is 5.18. The third kappa shape index (κ3) is 11.9. The Labute approximate surface area is 217 Å². The molecule has 1 aliphatic heterocycles. The predicted octanol–water partition coefficient (Wildman–Crippen LogP) is 7.44. The van der Waals surface area contributed by atoms with Gasteiger partial charge in [0.25, 0.3) is 0 Å². The van der Waals surface area contributed by atoms with Gasteiger partial charge in [0.05, 0.1) is 12.2 Å². The lowest BCUT2D eigenvalue weighted by Gasteiger charge is -2.41. The molecule has 2 rings (SSSR count). The molecule has 1 saturated carbocycles. The smallest absolute Gasteiger partial charge is 0.334 e. The van der Waals surface area contributed by atoms with Crippen LogP contribution in [0, 0.1) is 5.92 Å². The third-order valence-electron chi connectivity index (χ3n) is 6.85. The molecular weight excluding hydrogens is 513 g/mol. The lowest BCUT2D eigenvalue weighted by molar-refractivity contribution is 0.250. The number of fused-ring (bicyclic) bond motifs is 1. The molecule has 0 N–H and O–H groups in total. The van der Waals surface area contributed by atoms with E-state index in [2.05, 4.69) is 58.9 Å². The molecule has 3 atom stereocenters. The maximum absolute atomic E-state index is 6.81. The normalized spacial score (nSPS) is 23.6. The van der Waals surface area contributed by atoms with Crippen molar-refractivity contribution in [1.29, 1.82) is 0 Å². The molecule has 2 aliphatic rings. The van der Waals surface area contributed by atoms with Gasteiger partial charge in [0.1, 0.15) is 0 Å². The van der Waals surface area contributed by atoms with E-state index < -0.39 is 42.3 Å². The first-order valence-electron chi connectivity index (χ1n) is 12.4. The van der Waals surface area contributed by atoms with Gasteiger partial charge in [0.2, 0.25) is 0 Å². The van der Waals surface area contributed by atoms with Gasteiger partial charge in [-0.1, -0.05) is 21.3 Å². The topological polar surface area (TPSA) is 58.7 Å². The van der Waals surface area contributed by atoms with Crippen LogP contribution in [0.2, 0.25) is 77.1 Å². The van der Waals surface area contributed by atoms with Crippen LogP contribution in [0.25, 0.3) is 0 Å². The molecule has 0 radical (unpaired) electrons. The van der Waals surface area contributed by atoms with Crippen LogP contribution in [0.3, 0.4) is 0 Å². The van der Waals surface area contributed by atoms with Crippen molar-refractivity contribution in [2.75, 3.05) is 14.2 Å². The van der Waals surface area contributed by atoms with E-state index in [1.165, 1.54) is 31.7 Å². The maximum atomic E-state index is 6.81. The quantitative estimate of drug-likeness (QED) is 0.160. The highest BCUT2D eigenvalue weighted by molar-refractivity contribution is 6.89. The number of rotatable bonds is 14. The second-order valence-corrected chi connectivity index (χ2v) is 31.8. The highest BCUT2D eigenvalue weighted by Gasteiger charge is 2.46. The fraction of sp³-hybridized carbons (Fsp3) is 1.00. The summed E-state index contributed by atoms with van der Waals surface area (Å²) in [6, 6.07) is 3.18. The zero-order chi connectivity index (χ0) is 24.4. The number of ether oxygens (including phenoxy) is 1. The van der Waals surface area contributed by atoms with Gasteiger partial charge in [-0.2, -0.15) is 0 Å². The molecule has 206 valence electrons. The Balaban J connectivity index is 0.00000544. The molecule has 0 aromatic rings. The average molecular weight is 571 g/mol. The lowest BCUT2D eigenvalue weighted by Crippen LogP contribution is -2.56. The summed E-state index contributed by atoms with van der Waals surface area (Å²) >= 11 is 0. The zero-order valence-electron chi connectivity index (χ0n) is 22.6. The van der Waals surface area contributed by atoms with Gasteiger partial charge in [0, 0.05) is 14.2 Å². The third-order valence-corrected chi connectivity index (χ3v) is 25.5. The van der Waals surface area contributed by atoms with Crippen molar-refractivity contribution < 1.29 is 25.9 Å². The van der Waals surface area contributed by atoms with E-state index in [-0.39, 0.29) is 14.9 Å². The van der Waals surface area contributed by atoms with Crippen molar-refractivity contribution in [3.05, 3.63) is 0 Å². The molecule has 11 heteroatoms. The Morgan fingerprint density at radius 2 is 1.15 bits per heavy atom. The van der Waals surface area contributed by atoms with Gasteiger partial charge in [-0.05, 0) is 102 Å². The van der Waals surface area contributed by atoms with Gasteiger partial charge in [-0.25, -0.2) is 0 Å². The fourth-order valence-corrected chi connectivity index (χ4v) is 28.4. The molecule has 1 heterocycles. The van der Waals surface area contributed by atoms with Crippen LogP contribution >= 0.6 is 0 Å². The van der Waals surface area contributed by atoms with Crippen molar-refractivity contribution in [2.24, 2.45) is 5.92 Å². The summed E-state index contributed by atoms with van der Waals surface area (Å²) in [5.41, 5.74) is 0. The second-order valence-electron chi connectivity index (χ2n) is 12.1. The van der Waals surface area contributed by atoms with E-state index >= 15 is 0 Å². The molecule has 0 bridgehead atoms. The Morgan fingerprint density at radius 1 is 0.647 bits per heavy atom. The molecule has 0 spiro atoms. The van der Waals surface area contributed by atoms with Crippen LogP contribution in [0.15, 0.2) is 0 Å². The minimum absolute atomic E-state index is 0. The molecule has 2 fully saturated rings. The van der Waals surface area contributed by atoms with Crippen molar-refractivity contribution in [2.45, 2.75) is 130 Å². The number of epoxide rings is 1. The molecule has 3 unspecified atom stereocenters. The monoisotopic (exact) mass is 570 g/mol. The SMILES string of the molecule is C.C.CO[Si](C)(CC[Si](C)(C)O[Si](C)(C)O[Si](C)(C)O[Si](C)(C)CCC1CCC2OC2C1)OC. The van der Waals surface area contributed by atoms with E-state index in [0.717, 1.165) is 18.0 Å². The molecule has 0 aromatic heterocycles. The first kappa shape index (κ1) is 34.8. The van der Waals surface area contributed by atoms with Gasteiger partial charge in [-0.15, -0.1) is 0 Å². The molecule has 34 heavy (non-hydrogen) atoms. The van der Waals surface area contributed by atoms with Crippen molar-refractivity contribution in [3.63, 3.8) is 0 Å². The van der Waals surface area contributed by atoms with Crippen molar-refractivity contribution in [1.82, 2.24) is 0 Å². The van der Waals surface area contributed by atoms with Crippen LogP contribution in [0.1, 0.15) is 40.5 Å². The summed E-state index contributed by atoms with van der Waals surface area (Å²) in [7, 11) is -6.85. The largest absolute Gasteiger partial charge is 0.436 e. The minimum atomic E-state index is -2.31. The highest BCUT2D eigenvalue weighted by Crippen LogP contribution is 2.42.